The molecule has 25 heavy (non-hydrogen) atoms. The number of amides is 4. The Balaban J connectivity index is 1.42. The summed E-state index contributed by atoms with van der Waals surface area (Å²) in [6.45, 7) is 1.72. The van der Waals surface area contributed by atoms with E-state index < -0.39 is 11.9 Å². The number of nitrogens with zero attached hydrogens (tertiary/aromatic N) is 3. The van der Waals surface area contributed by atoms with Gasteiger partial charge in [0.15, 0.2) is 0 Å². The summed E-state index contributed by atoms with van der Waals surface area (Å²) < 4.78 is 5.46. The lowest BCUT2D eigenvalue weighted by Crippen LogP contribution is -2.55. The molecule has 0 N–H and O–H groups in total. The van der Waals surface area contributed by atoms with Gasteiger partial charge in [-0.2, -0.15) is 4.99 Å². The van der Waals surface area contributed by atoms with Crippen LogP contribution in [0.2, 0.25) is 0 Å². The van der Waals surface area contributed by atoms with Gasteiger partial charge in [-0.05, 0) is 31.8 Å². The van der Waals surface area contributed by atoms with E-state index >= 15 is 0 Å². The average Bonchev–Trinajstić information content (AvgIpc) is 3.16. The van der Waals surface area contributed by atoms with Crippen LogP contribution in [0.25, 0.3) is 0 Å². The number of likely N-dealkylation sites (tertiary alicyclic amines) is 1. The number of imide groups is 1. The van der Waals surface area contributed by atoms with Crippen molar-refractivity contribution in [2.24, 2.45) is 10.9 Å². The molecule has 0 aromatic heterocycles. The van der Waals surface area contributed by atoms with E-state index in [0.717, 1.165) is 12.8 Å². The Labute approximate surface area is 146 Å². The van der Waals surface area contributed by atoms with E-state index in [4.69, 9.17) is 4.74 Å². The van der Waals surface area contributed by atoms with Gasteiger partial charge in [-0.3, -0.25) is 14.5 Å². The molecule has 2 fully saturated rings. The lowest BCUT2D eigenvalue weighted by Gasteiger charge is -2.39. The van der Waals surface area contributed by atoms with Crippen molar-refractivity contribution in [2.75, 3.05) is 19.7 Å². The first kappa shape index (κ1) is 16.2. The molecule has 7 nitrogen and oxygen atoms in total. The zero-order valence-electron chi connectivity index (χ0n) is 14.0. The van der Waals surface area contributed by atoms with Gasteiger partial charge in [0.25, 0.3) is 5.91 Å². The normalized spacial score (nSPS) is 29.8. The largest absolute Gasteiger partial charge is 0.368 e. The predicted octanol–water partition coefficient (Wildman–Crippen LogP) is 1.30. The quantitative estimate of drug-likeness (QED) is 0.757. The monoisotopic (exact) mass is 343 g/mol. The number of ether oxygens (including phenoxy) is 1. The molecule has 7 heteroatoms. The van der Waals surface area contributed by atoms with Gasteiger partial charge >= 0.3 is 6.03 Å². The van der Waals surface area contributed by atoms with Crippen molar-refractivity contribution in [3.63, 3.8) is 0 Å². The molecule has 0 spiro atoms. The minimum atomic E-state index is -0.486. The Kier molecular flexibility index (Phi) is 4.25. The second-order valence-electron chi connectivity index (χ2n) is 6.81. The fraction of sp³-hybridized carbons (Fsp3) is 0.556. The van der Waals surface area contributed by atoms with Crippen LogP contribution >= 0.6 is 0 Å². The minimum Gasteiger partial charge on any atom is -0.368 e. The number of carbonyl (C=O) groups excluding carboxylic acids is 3. The zero-order valence-corrected chi connectivity index (χ0v) is 14.0. The van der Waals surface area contributed by atoms with Gasteiger partial charge in [0.1, 0.15) is 6.10 Å². The standard InChI is InChI=1S/C18H21N3O4/c22-16-13-4-1-2-5-14(13)19-18(24)21(16)12-7-9-20(10-8-12)17(23)15-6-3-11-25-15/h1-2,4-5,12-13,15H,3,6-11H2. The van der Waals surface area contributed by atoms with Crippen LogP contribution in [0.5, 0.6) is 0 Å². The van der Waals surface area contributed by atoms with E-state index in [1.54, 1.807) is 29.2 Å². The number of hydrogen-bond donors (Lipinski definition) is 0. The summed E-state index contributed by atoms with van der Waals surface area (Å²) in [7, 11) is 0. The molecule has 0 saturated carbocycles. The first-order chi connectivity index (χ1) is 12.1. The molecule has 2 unspecified atom stereocenters. The second-order valence-corrected chi connectivity index (χ2v) is 6.81. The third-order valence-corrected chi connectivity index (χ3v) is 5.28. The molecule has 0 aromatic rings. The molecule has 3 aliphatic heterocycles. The summed E-state index contributed by atoms with van der Waals surface area (Å²) in [6, 6.07) is -0.682. The van der Waals surface area contributed by atoms with E-state index in [2.05, 4.69) is 4.99 Å². The predicted molar refractivity (Wildman–Crippen MR) is 90.0 cm³/mol. The van der Waals surface area contributed by atoms with Crippen LogP contribution in [0.4, 0.5) is 4.79 Å². The van der Waals surface area contributed by atoms with E-state index in [0.29, 0.717) is 38.2 Å². The number of urea groups is 1. The molecule has 2 saturated heterocycles. The van der Waals surface area contributed by atoms with E-state index in [9.17, 15) is 14.4 Å². The van der Waals surface area contributed by atoms with Crippen LogP contribution < -0.4 is 0 Å². The Morgan fingerprint density at radius 1 is 1.16 bits per heavy atom. The number of carbonyl (C=O) groups is 3. The summed E-state index contributed by atoms with van der Waals surface area (Å²) >= 11 is 0. The second kappa shape index (κ2) is 6.55. The van der Waals surface area contributed by atoms with Gasteiger partial charge in [-0.25, -0.2) is 4.79 Å². The zero-order chi connectivity index (χ0) is 17.4. The van der Waals surface area contributed by atoms with Crippen molar-refractivity contribution in [3.05, 3.63) is 24.3 Å². The van der Waals surface area contributed by atoms with Gasteiger partial charge in [0, 0.05) is 25.7 Å². The highest BCUT2D eigenvalue weighted by Gasteiger charge is 2.41. The van der Waals surface area contributed by atoms with Crippen molar-refractivity contribution in [2.45, 2.75) is 37.8 Å². The van der Waals surface area contributed by atoms with Gasteiger partial charge in [0.2, 0.25) is 5.91 Å². The average molecular weight is 343 g/mol. The van der Waals surface area contributed by atoms with Crippen LogP contribution in [-0.2, 0) is 14.3 Å². The molecule has 0 aromatic carbocycles. The van der Waals surface area contributed by atoms with Crippen LogP contribution in [0.1, 0.15) is 25.7 Å². The lowest BCUT2D eigenvalue weighted by molar-refractivity contribution is -0.142. The van der Waals surface area contributed by atoms with Crippen molar-refractivity contribution < 1.29 is 19.1 Å². The highest BCUT2D eigenvalue weighted by Crippen LogP contribution is 2.26. The van der Waals surface area contributed by atoms with E-state index in [-0.39, 0.29) is 24.0 Å². The molecule has 132 valence electrons. The summed E-state index contributed by atoms with van der Waals surface area (Å²) in [6.07, 6.45) is 9.63. The Morgan fingerprint density at radius 2 is 1.96 bits per heavy atom. The third kappa shape index (κ3) is 2.93. The number of fused-ring (bicyclic) bond motifs is 1. The molecular weight excluding hydrogens is 322 g/mol. The maximum Gasteiger partial charge on any atom is 0.350 e. The van der Waals surface area contributed by atoms with Gasteiger partial charge in [0.05, 0.1) is 11.6 Å². The van der Waals surface area contributed by atoms with E-state index in [1.165, 1.54) is 4.90 Å². The Hall–Kier alpha value is -2.28. The first-order valence-corrected chi connectivity index (χ1v) is 8.86. The Morgan fingerprint density at radius 3 is 2.68 bits per heavy atom. The molecule has 4 amide bonds. The van der Waals surface area contributed by atoms with Crippen molar-refractivity contribution in [3.8, 4) is 0 Å². The van der Waals surface area contributed by atoms with Gasteiger partial charge in [-0.15, -0.1) is 0 Å². The fourth-order valence-corrected chi connectivity index (χ4v) is 3.91. The summed E-state index contributed by atoms with van der Waals surface area (Å²) in [5, 5.41) is 0. The first-order valence-electron chi connectivity index (χ1n) is 8.86. The number of piperidine rings is 1. The topological polar surface area (TPSA) is 79.3 Å². The highest BCUT2D eigenvalue weighted by molar-refractivity contribution is 6.21. The molecule has 0 radical (unpaired) electrons. The molecule has 2 atom stereocenters. The minimum absolute atomic E-state index is 0.0351. The van der Waals surface area contributed by atoms with Crippen molar-refractivity contribution in [1.82, 2.24) is 9.80 Å². The smallest absolute Gasteiger partial charge is 0.350 e. The maximum absolute atomic E-state index is 12.7. The van der Waals surface area contributed by atoms with E-state index in [1.807, 2.05) is 0 Å². The van der Waals surface area contributed by atoms with Crippen LogP contribution in [0, 0.1) is 5.92 Å². The molecule has 1 aliphatic carbocycles. The Bertz CT molecular complexity index is 682. The number of rotatable bonds is 2. The lowest BCUT2D eigenvalue weighted by atomic mass is 9.93. The third-order valence-electron chi connectivity index (χ3n) is 5.28. The molecule has 4 rings (SSSR count). The molecule has 0 bridgehead atoms. The van der Waals surface area contributed by atoms with Crippen molar-refractivity contribution in [1.29, 1.82) is 0 Å². The summed E-state index contributed by atoms with van der Waals surface area (Å²) in [5.41, 5.74) is 0.514. The number of aliphatic imine (C=N–C) groups is 1. The SMILES string of the molecule is O=C(C1CCCO1)N1CCC(N2C(=O)N=C3C=CC=CC3C2=O)CC1. The summed E-state index contributed by atoms with van der Waals surface area (Å²) in [5.74, 6) is -0.637. The van der Waals surface area contributed by atoms with Crippen LogP contribution in [0.15, 0.2) is 29.3 Å². The molecule has 3 heterocycles. The highest BCUT2D eigenvalue weighted by atomic mass is 16.5. The molecule has 4 aliphatic rings. The van der Waals surface area contributed by atoms with Gasteiger partial charge in [-0.1, -0.05) is 18.2 Å². The van der Waals surface area contributed by atoms with Crippen molar-refractivity contribution >= 4 is 23.6 Å². The number of hydrogen-bond acceptors (Lipinski definition) is 4. The maximum atomic E-state index is 12.7. The van der Waals surface area contributed by atoms with Crippen LogP contribution in [0.3, 0.4) is 0 Å². The van der Waals surface area contributed by atoms with Crippen LogP contribution in [-0.4, -0.2) is 65.2 Å². The molecular formula is C18H21N3O4. The number of allylic oxidation sites excluding steroid dienone is 3. The summed E-state index contributed by atoms with van der Waals surface area (Å²) in [4.78, 5) is 44.7. The fourth-order valence-electron chi connectivity index (χ4n) is 3.91. The van der Waals surface area contributed by atoms with Gasteiger partial charge < -0.3 is 9.64 Å².